The molecule has 1 aliphatic rings. The Labute approximate surface area is 120 Å². The monoisotopic (exact) mass is 302 g/mol. The average Bonchev–Trinajstić information content (AvgIpc) is 3.05. The summed E-state index contributed by atoms with van der Waals surface area (Å²) >= 11 is 0. The number of nitrogens with zero attached hydrogens (tertiary/aromatic N) is 1. The van der Waals surface area contributed by atoms with Crippen molar-refractivity contribution < 1.29 is 17.6 Å². The standard InChI is InChI=1S/C13H22N2O4S/c1-10(2)14-8-11-4-5-13(19-11)20(16,17)15-7-6-12(9-15)18-3/h4-5,10,12,14H,6-9H2,1-3H3. The number of sulfonamides is 1. The molecule has 1 N–H and O–H groups in total. The van der Waals surface area contributed by atoms with Crippen molar-refractivity contribution in [2.24, 2.45) is 0 Å². The molecule has 0 aliphatic carbocycles. The number of rotatable bonds is 6. The van der Waals surface area contributed by atoms with Gasteiger partial charge in [0.15, 0.2) is 0 Å². The molecule has 1 aromatic heterocycles. The molecule has 0 amide bonds. The predicted octanol–water partition coefficient (Wildman–Crippen LogP) is 1.19. The molecule has 2 heterocycles. The van der Waals surface area contributed by atoms with Crippen LogP contribution in [-0.4, -0.2) is 45.1 Å². The van der Waals surface area contributed by atoms with Crippen LogP contribution in [0.3, 0.4) is 0 Å². The highest BCUT2D eigenvalue weighted by Crippen LogP contribution is 2.23. The van der Waals surface area contributed by atoms with Gasteiger partial charge in [0, 0.05) is 26.2 Å². The van der Waals surface area contributed by atoms with E-state index in [1.807, 2.05) is 13.8 Å². The molecule has 6 nitrogen and oxygen atoms in total. The maximum Gasteiger partial charge on any atom is 0.276 e. The maximum absolute atomic E-state index is 12.4. The van der Waals surface area contributed by atoms with Crippen molar-refractivity contribution in [2.45, 2.75) is 44.1 Å². The van der Waals surface area contributed by atoms with Crippen LogP contribution >= 0.6 is 0 Å². The molecule has 0 spiro atoms. The minimum absolute atomic E-state index is 0.00908. The van der Waals surface area contributed by atoms with Crippen LogP contribution in [0.25, 0.3) is 0 Å². The number of methoxy groups -OCH3 is 1. The third kappa shape index (κ3) is 3.41. The highest BCUT2D eigenvalue weighted by atomic mass is 32.2. The Kier molecular flexibility index (Phi) is 4.85. The van der Waals surface area contributed by atoms with Crippen LogP contribution in [0.2, 0.25) is 0 Å². The van der Waals surface area contributed by atoms with Gasteiger partial charge in [0.25, 0.3) is 10.0 Å². The fourth-order valence-electron chi connectivity index (χ4n) is 2.13. The van der Waals surface area contributed by atoms with E-state index >= 15 is 0 Å². The fraction of sp³-hybridized carbons (Fsp3) is 0.692. The molecule has 0 saturated carbocycles. The van der Waals surface area contributed by atoms with Gasteiger partial charge >= 0.3 is 0 Å². The lowest BCUT2D eigenvalue weighted by Crippen LogP contribution is -2.29. The van der Waals surface area contributed by atoms with E-state index in [1.165, 1.54) is 10.4 Å². The SMILES string of the molecule is COC1CCN(S(=O)(=O)c2ccc(CNC(C)C)o2)C1. The van der Waals surface area contributed by atoms with E-state index < -0.39 is 10.0 Å². The topological polar surface area (TPSA) is 71.8 Å². The van der Waals surface area contributed by atoms with Crippen LogP contribution in [0, 0.1) is 0 Å². The lowest BCUT2D eigenvalue weighted by atomic mass is 10.3. The van der Waals surface area contributed by atoms with Crippen LogP contribution in [0.5, 0.6) is 0 Å². The zero-order chi connectivity index (χ0) is 14.8. The molecule has 0 bridgehead atoms. The smallest absolute Gasteiger partial charge is 0.276 e. The summed E-state index contributed by atoms with van der Waals surface area (Å²) in [7, 11) is -1.94. The predicted molar refractivity (Wildman–Crippen MR) is 74.9 cm³/mol. The summed E-state index contributed by atoms with van der Waals surface area (Å²) in [5, 5.41) is 3.20. The Bertz CT molecular complexity index is 538. The quantitative estimate of drug-likeness (QED) is 0.854. The molecule has 20 heavy (non-hydrogen) atoms. The number of nitrogens with one attached hydrogen (secondary N) is 1. The second kappa shape index (κ2) is 6.26. The van der Waals surface area contributed by atoms with Gasteiger partial charge in [-0.2, -0.15) is 4.31 Å². The molecule has 0 aromatic carbocycles. The lowest BCUT2D eigenvalue weighted by Gasteiger charge is -2.14. The van der Waals surface area contributed by atoms with Gasteiger partial charge in [-0.25, -0.2) is 8.42 Å². The summed E-state index contributed by atoms with van der Waals surface area (Å²) in [5.41, 5.74) is 0. The number of ether oxygens (including phenoxy) is 1. The molecule has 1 aliphatic heterocycles. The van der Waals surface area contributed by atoms with Crippen molar-refractivity contribution in [1.82, 2.24) is 9.62 Å². The second-order valence-electron chi connectivity index (χ2n) is 5.27. The summed E-state index contributed by atoms with van der Waals surface area (Å²) < 4.78 is 36.9. The zero-order valence-corrected chi connectivity index (χ0v) is 12.9. The molecule has 7 heteroatoms. The first-order valence-corrected chi connectivity index (χ1v) is 8.22. The van der Waals surface area contributed by atoms with E-state index in [1.54, 1.807) is 13.2 Å². The Hall–Kier alpha value is -0.890. The van der Waals surface area contributed by atoms with Crippen molar-refractivity contribution in [2.75, 3.05) is 20.2 Å². The molecular formula is C13H22N2O4S. The van der Waals surface area contributed by atoms with Crippen molar-refractivity contribution in [3.05, 3.63) is 17.9 Å². The first-order valence-electron chi connectivity index (χ1n) is 6.78. The first-order chi connectivity index (χ1) is 9.43. The second-order valence-corrected chi connectivity index (χ2v) is 7.13. The van der Waals surface area contributed by atoms with E-state index in [9.17, 15) is 8.42 Å². The van der Waals surface area contributed by atoms with Gasteiger partial charge in [-0.05, 0) is 18.6 Å². The molecule has 114 valence electrons. The van der Waals surface area contributed by atoms with E-state index in [2.05, 4.69) is 5.32 Å². The molecule has 1 unspecified atom stereocenters. The summed E-state index contributed by atoms with van der Waals surface area (Å²) in [6, 6.07) is 3.54. The molecule has 1 saturated heterocycles. The van der Waals surface area contributed by atoms with Gasteiger partial charge in [0.05, 0.1) is 12.6 Å². The third-order valence-corrected chi connectivity index (χ3v) is 5.10. The lowest BCUT2D eigenvalue weighted by molar-refractivity contribution is 0.115. The first kappa shape index (κ1) is 15.5. The van der Waals surface area contributed by atoms with E-state index in [4.69, 9.17) is 9.15 Å². The number of hydrogen-bond acceptors (Lipinski definition) is 5. The van der Waals surface area contributed by atoms with Gasteiger partial charge in [-0.3, -0.25) is 0 Å². The Morgan fingerprint density at radius 2 is 2.25 bits per heavy atom. The largest absolute Gasteiger partial charge is 0.447 e. The number of furan rings is 1. The Morgan fingerprint density at radius 3 is 2.85 bits per heavy atom. The van der Waals surface area contributed by atoms with Crippen LogP contribution in [0.15, 0.2) is 21.6 Å². The minimum atomic E-state index is -3.54. The Balaban J connectivity index is 2.06. The van der Waals surface area contributed by atoms with E-state index in [0.717, 1.165) is 6.42 Å². The molecule has 1 atom stereocenters. The minimum Gasteiger partial charge on any atom is -0.447 e. The van der Waals surface area contributed by atoms with Crippen LogP contribution in [0.1, 0.15) is 26.0 Å². The number of hydrogen-bond donors (Lipinski definition) is 1. The molecule has 2 rings (SSSR count). The van der Waals surface area contributed by atoms with Crippen molar-refractivity contribution in [3.8, 4) is 0 Å². The molecular weight excluding hydrogens is 280 g/mol. The highest BCUT2D eigenvalue weighted by Gasteiger charge is 2.34. The molecule has 0 radical (unpaired) electrons. The summed E-state index contributed by atoms with van der Waals surface area (Å²) in [6.07, 6.45) is 0.694. The van der Waals surface area contributed by atoms with Gasteiger partial charge in [-0.15, -0.1) is 0 Å². The average molecular weight is 302 g/mol. The third-order valence-electron chi connectivity index (χ3n) is 3.36. The molecule has 1 fully saturated rings. The summed E-state index contributed by atoms with van der Waals surface area (Å²) in [6.45, 7) is 5.43. The van der Waals surface area contributed by atoms with Gasteiger partial charge in [-0.1, -0.05) is 13.8 Å². The van der Waals surface area contributed by atoms with Gasteiger partial charge < -0.3 is 14.5 Å². The zero-order valence-electron chi connectivity index (χ0n) is 12.1. The van der Waals surface area contributed by atoms with Crippen LogP contribution in [-0.2, 0) is 21.3 Å². The summed E-state index contributed by atoms with van der Waals surface area (Å²) in [5.74, 6) is 0.625. The van der Waals surface area contributed by atoms with Crippen LogP contribution < -0.4 is 5.32 Å². The molecule has 1 aromatic rings. The van der Waals surface area contributed by atoms with Crippen molar-refractivity contribution in [3.63, 3.8) is 0 Å². The summed E-state index contributed by atoms with van der Waals surface area (Å²) in [4.78, 5) is 0. The van der Waals surface area contributed by atoms with Gasteiger partial charge in [0.1, 0.15) is 5.76 Å². The van der Waals surface area contributed by atoms with Crippen LogP contribution in [0.4, 0.5) is 0 Å². The maximum atomic E-state index is 12.4. The Morgan fingerprint density at radius 1 is 1.50 bits per heavy atom. The van der Waals surface area contributed by atoms with Crippen molar-refractivity contribution in [1.29, 1.82) is 0 Å². The van der Waals surface area contributed by atoms with Crippen molar-refractivity contribution >= 4 is 10.0 Å². The fourth-order valence-corrected chi connectivity index (χ4v) is 3.55. The van der Waals surface area contributed by atoms with E-state index in [-0.39, 0.29) is 11.2 Å². The van der Waals surface area contributed by atoms with Gasteiger partial charge in [0.2, 0.25) is 5.09 Å². The normalized spacial score (nSPS) is 20.9. The highest BCUT2D eigenvalue weighted by molar-refractivity contribution is 7.89. The van der Waals surface area contributed by atoms with E-state index in [0.29, 0.717) is 31.4 Å².